The van der Waals surface area contributed by atoms with E-state index in [9.17, 15) is 0 Å². The lowest BCUT2D eigenvalue weighted by Gasteiger charge is -2.23. The van der Waals surface area contributed by atoms with Crippen LogP contribution in [0.2, 0.25) is 0 Å². The van der Waals surface area contributed by atoms with Crippen molar-refractivity contribution in [2.24, 2.45) is 0 Å². The van der Waals surface area contributed by atoms with E-state index in [4.69, 9.17) is 0 Å². The van der Waals surface area contributed by atoms with Crippen LogP contribution in [0.25, 0.3) is 0 Å². The number of aryl methyl sites for hydroxylation is 2. The van der Waals surface area contributed by atoms with Crippen LogP contribution in [0.3, 0.4) is 0 Å². The van der Waals surface area contributed by atoms with E-state index in [1.807, 2.05) is 11.3 Å². The molecule has 1 nitrogen and oxygen atoms in total. The minimum absolute atomic E-state index is 0.638. The molecule has 0 bridgehead atoms. The van der Waals surface area contributed by atoms with Gasteiger partial charge in [0.05, 0.1) is 0 Å². The summed E-state index contributed by atoms with van der Waals surface area (Å²) in [5.41, 5.74) is 1.54. The average molecular weight is 195 g/mol. The molecule has 1 aromatic rings. The van der Waals surface area contributed by atoms with Crippen LogP contribution in [0, 0.1) is 13.8 Å². The molecule has 1 N–H and O–H groups in total. The molecular weight excluding hydrogens is 178 g/mol. The Balaban J connectivity index is 2.18. The molecule has 0 aromatic carbocycles. The van der Waals surface area contributed by atoms with Crippen molar-refractivity contribution >= 4 is 11.3 Å². The van der Waals surface area contributed by atoms with Crippen molar-refractivity contribution < 1.29 is 0 Å². The Hall–Kier alpha value is -0.340. The molecule has 72 valence electrons. The lowest BCUT2D eigenvalue weighted by Crippen LogP contribution is -2.26. The summed E-state index contributed by atoms with van der Waals surface area (Å²) in [6.07, 6.45) is 4.04. The molecular formula is C11H17NS. The van der Waals surface area contributed by atoms with E-state index in [-0.39, 0.29) is 0 Å². The maximum Gasteiger partial charge on any atom is 0.0331 e. The molecule has 1 aliphatic rings. The van der Waals surface area contributed by atoms with E-state index >= 15 is 0 Å². The summed E-state index contributed by atoms with van der Waals surface area (Å²) in [7, 11) is 0. The van der Waals surface area contributed by atoms with E-state index in [1.54, 1.807) is 5.56 Å². The molecule has 1 aliphatic heterocycles. The van der Waals surface area contributed by atoms with Crippen LogP contribution in [0.5, 0.6) is 0 Å². The lowest BCUT2D eigenvalue weighted by atomic mass is 9.98. The summed E-state index contributed by atoms with van der Waals surface area (Å²) < 4.78 is 0. The molecule has 1 saturated heterocycles. The second-order valence-corrected chi connectivity index (χ2v) is 5.33. The first-order valence-electron chi connectivity index (χ1n) is 5.07. The molecule has 1 fully saturated rings. The highest BCUT2D eigenvalue weighted by molar-refractivity contribution is 7.12. The molecule has 1 aromatic heterocycles. The van der Waals surface area contributed by atoms with E-state index in [0.29, 0.717) is 6.04 Å². The maximum absolute atomic E-state index is 3.60. The molecule has 2 heterocycles. The van der Waals surface area contributed by atoms with Gasteiger partial charge in [0, 0.05) is 15.8 Å². The minimum atomic E-state index is 0.638. The Bertz CT molecular complexity index is 284. The summed E-state index contributed by atoms with van der Waals surface area (Å²) in [4.78, 5) is 2.94. The Labute approximate surface area is 84.2 Å². The van der Waals surface area contributed by atoms with Crippen LogP contribution in [-0.2, 0) is 0 Å². The van der Waals surface area contributed by atoms with Gasteiger partial charge in [0.1, 0.15) is 0 Å². The smallest absolute Gasteiger partial charge is 0.0331 e. The van der Waals surface area contributed by atoms with Crippen LogP contribution >= 0.6 is 11.3 Å². The maximum atomic E-state index is 3.60. The minimum Gasteiger partial charge on any atom is -0.310 e. The summed E-state index contributed by atoms with van der Waals surface area (Å²) in [5, 5.41) is 3.60. The van der Waals surface area contributed by atoms with Gasteiger partial charge in [0.25, 0.3) is 0 Å². The van der Waals surface area contributed by atoms with Gasteiger partial charge in [-0.15, -0.1) is 11.3 Å². The van der Waals surface area contributed by atoms with Crippen LogP contribution in [0.15, 0.2) is 6.07 Å². The molecule has 1 atom stereocenters. The fraction of sp³-hybridized carbons (Fsp3) is 0.636. The standard InChI is InChI=1S/C11H17NS/c1-8-7-10(9(2)13-8)11-5-3-4-6-12-11/h7,11-12H,3-6H2,1-2H3/t11-/m0/s1. The Morgan fingerprint density at radius 3 is 2.77 bits per heavy atom. The number of rotatable bonds is 1. The Morgan fingerprint density at radius 1 is 1.38 bits per heavy atom. The molecule has 2 rings (SSSR count). The first kappa shape index (κ1) is 9.22. The normalized spacial score (nSPS) is 23.4. The van der Waals surface area contributed by atoms with Gasteiger partial charge >= 0.3 is 0 Å². The predicted octanol–water partition coefficient (Wildman–Crippen LogP) is 3.18. The molecule has 0 unspecified atom stereocenters. The van der Waals surface area contributed by atoms with E-state index in [2.05, 4.69) is 25.2 Å². The summed E-state index contributed by atoms with van der Waals surface area (Å²) in [6.45, 7) is 5.63. The van der Waals surface area contributed by atoms with Crippen molar-refractivity contribution in [3.8, 4) is 0 Å². The largest absolute Gasteiger partial charge is 0.310 e. The SMILES string of the molecule is Cc1cc([C@@H]2CCCCN2)c(C)s1. The van der Waals surface area contributed by atoms with Crippen molar-refractivity contribution in [2.45, 2.75) is 39.2 Å². The zero-order valence-electron chi connectivity index (χ0n) is 8.39. The zero-order chi connectivity index (χ0) is 9.26. The van der Waals surface area contributed by atoms with Crippen molar-refractivity contribution in [3.05, 3.63) is 21.4 Å². The average Bonchev–Trinajstić information content (AvgIpc) is 2.47. The van der Waals surface area contributed by atoms with Crippen molar-refractivity contribution in [1.29, 1.82) is 0 Å². The molecule has 0 amide bonds. The molecule has 0 spiro atoms. The van der Waals surface area contributed by atoms with E-state index in [1.165, 1.54) is 35.6 Å². The van der Waals surface area contributed by atoms with Crippen LogP contribution in [0.4, 0.5) is 0 Å². The van der Waals surface area contributed by atoms with Crippen LogP contribution < -0.4 is 5.32 Å². The van der Waals surface area contributed by atoms with Gasteiger partial charge in [-0.1, -0.05) is 6.42 Å². The highest BCUT2D eigenvalue weighted by Gasteiger charge is 2.17. The van der Waals surface area contributed by atoms with Gasteiger partial charge in [-0.25, -0.2) is 0 Å². The number of hydrogen-bond donors (Lipinski definition) is 1. The van der Waals surface area contributed by atoms with E-state index in [0.717, 1.165) is 0 Å². The van der Waals surface area contributed by atoms with Crippen molar-refractivity contribution in [2.75, 3.05) is 6.54 Å². The second-order valence-electron chi connectivity index (χ2n) is 3.87. The third kappa shape index (κ3) is 1.94. The Kier molecular flexibility index (Phi) is 2.70. The fourth-order valence-corrected chi connectivity index (χ4v) is 3.10. The number of nitrogens with one attached hydrogen (secondary N) is 1. The first-order chi connectivity index (χ1) is 6.27. The highest BCUT2D eigenvalue weighted by atomic mass is 32.1. The number of piperidine rings is 1. The van der Waals surface area contributed by atoms with Gasteiger partial charge < -0.3 is 5.32 Å². The zero-order valence-corrected chi connectivity index (χ0v) is 9.21. The second kappa shape index (κ2) is 3.81. The molecule has 0 saturated carbocycles. The fourth-order valence-electron chi connectivity index (χ4n) is 2.11. The van der Waals surface area contributed by atoms with Gasteiger partial charge in [-0.05, 0) is 44.9 Å². The van der Waals surface area contributed by atoms with Gasteiger partial charge in [0.15, 0.2) is 0 Å². The highest BCUT2D eigenvalue weighted by Crippen LogP contribution is 2.30. The summed E-state index contributed by atoms with van der Waals surface area (Å²) >= 11 is 1.92. The van der Waals surface area contributed by atoms with E-state index < -0.39 is 0 Å². The third-order valence-corrected chi connectivity index (χ3v) is 3.75. The number of thiophene rings is 1. The van der Waals surface area contributed by atoms with Crippen LogP contribution in [-0.4, -0.2) is 6.54 Å². The van der Waals surface area contributed by atoms with Crippen molar-refractivity contribution in [3.63, 3.8) is 0 Å². The summed E-state index contributed by atoms with van der Waals surface area (Å²) in [6, 6.07) is 2.99. The lowest BCUT2D eigenvalue weighted by molar-refractivity contribution is 0.412. The first-order valence-corrected chi connectivity index (χ1v) is 5.89. The molecule has 13 heavy (non-hydrogen) atoms. The topological polar surface area (TPSA) is 12.0 Å². The Morgan fingerprint density at radius 2 is 2.23 bits per heavy atom. The van der Waals surface area contributed by atoms with Gasteiger partial charge in [-0.2, -0.15) is 0 Å². The van der Waals surface area contributed by atoms with Crippen molar-refractivity contribution in [1.82, 2.24) is 5.32 Å². The predicted molar refractivity (Wildman–Crippen MR) is 58.4 cm³/mol. The molecule has 0 aliphatic carbocycles. The van der Waals surface area contributed by atoms with Gasteiger partial charge in [0.2, 0.25) is 0 Å². The number of hydrogen-bond acceptors (Lipinski definition) is 2. The van der Waals surface area contributed by atoms with Gasteiger partial charge in [-0.3, -0.25) is 0 Å². The monoisotopic (exact) mass is 195 g/mol. The van der Waals surface area contributed by atoms with Crippen LogP contribution in [0.1, 0.15) is 40.6 Å². The molecule has 0 radical (unpaired) electrons. The molecule has 2 heteroatoms. The summed E-state index contributed by atoms with van der Waals surface area (Å²) in [5.74, 6) is 0. The third-order valence-electron chi connectivity index (χ3n) is 2.77. The quantitative estimate of drug-likeness (QED) is 0.725.